The average Bonchev–Trinajstić information content (AvgIpc) is 2.85. The first-order valence-corrected chi connectivity index (χ1v) is 9.30. The van der Waals surface area contributed by atoms with Gasteiger partial charge in [0, 0.05) is 0 Å². The van der Waals surface area contributed by atoms with Gasteiger partial charge in [0.15, 0.2) is 0 Å². The fraction of sp³-hybridized carbons (Fsp3) is 0.714. The van der Waals surface area contributed by atoms with Crippen molar-refractivity contribution in [3.05, 3.63) is 35.6 Å². The maximum Gasteiger partial charge on any atom is 0.0991 e. The largest absolute Gasteiger partial charge is 0.512 e. The fourth-order valence-corrected chi connectivity index (χ4v) is 6.65. The van der Waals surface area contributed by atoms with E-state index in [4.69, 9.17) is 0 Å². The van der Waals surface area contributed by atoms with E-state index >= 15 is 0 Å². The number of allylic oxidation sites excluding steroid dienone is 5. The highest BCUT2D eigenvalue weighted by atomic mass is 16.3. The Kier molecular flexibility index (Phi) is 3.16. The smallest absolute Gasteiger partial charge is 0.0991 e. The molecule has 6 atom stereocenters. The normalized spacial score (nSPS) is 49.8. The predicted molar refractivity (Wildman–Crippen MR) is 91.5 cm³/mol. The van der Waals surface area contributed by atoms with Crippen LogP contribution in [0.15, 0.2) is 35.6 Å². The molecule has 0 saturated heterocycles. The third-order valence-corrected chi connectivity index (χ3v) is 8.04. The van der Waals surface area contributed by atoms with E-state index in [-0.39, 0.29) is 5.41 Å². The third-order valence-electron chi connectivity index (χ3n) is 8.04. The summed E-state index contributed by atoms with van der Waals surface area (Å²) in [4.78, 5) is 0. The van der Waals surface area contributed by atoms with Crippen LogP contribution >= 0.6 is 0 Å². The van der Waals surface area contributed by atoms with Gasteiger partial charge in [-0.15, -0.1) is 0 Å². The molecule has 4 aliphatic rings. The molecule has 4 aliphatic carbocycles. The topological polar surface area (TPSA) is 20.2 Å². The highest BCUT2D eigenvalue weighted by Crippen LogP contribution is 2.65. The molecule has 0 bridgehead atoms. The van der Waals surface area contributed by atoms with Gasteiger partial charge in [-0.1, -0.05) is 38.5 Å². The van der Waals surface area contributed by atoms with Gasteiger partial charge in [0.1, 0.15) is 0 Å². The van der Waals surface area contributed by atoms with Crippen LogP contribution in [-0.2, 0) is 0 Å². The van der Waals surface area contributed by atoms with Crippen molar-refractivity contribution >= 4 is 0 Å². The molecule has 0 spiro atoms. The number of aliphatic hydroxyl groups excluding tert-OH is 1. The van der Waals surface area contributed by atoms with Gasteiger partial charge in [-0.2, -0.15) is 0 Å². The van der Waals surface area contributed by atoms with Crippen LogP contribution in [0, 0.1) is 34.5 Å². The van der Waals surface area contributed by atoms with Crippen molar-refractivity contribution in [1.82, 2.24) is 0 Å². The predicted octanol–water partition coefficient (Wildman–Crippen LogP) is 5.80. The average molecular weight is 298 g/mol. The Hall–Kier alpha value is -0.980. The standard InChI is InChI=1S/C21H30O/c1-4-14-9-11-17-16-10-8-15-6-5-7-19(22)21(15,3)18(16)12-13-20(14,17)2/h6-8,10,14,16-18,22H,4-5,9,11-13H2,1-3H3/t14-,16-,17-,18-,20+,21-/m0/s1. The Balaban J connectivity index is 1.75. The molecule has 0 aromatic carbocycles. The second kappa shape index (κ2) is 4.76. The Labute approximate surface area is 135 Å². The maximum atomic E-state index is 10.7. The molecule has 1 N–H and O–H groups in total. The molecular formula is C21H30O. The van der Waals surface area contributed by atoms with Gasteiger partial charge < -0.3 is 5.11 Å². The van der Waals surface area contributed by atoms with Crippen molar-refractivity contribution in [3.63, 3.8) is 0 Å². The first-order valence-electron chi connectivity index (χ1n) is 9.30. The van der Waals surface area contributed by atoms with E-state index in [0.29, 0.717) is 23.0 Å². The lowest BCUT2D eigenvalue weighted by Crippen LogP contribution is -2.49. The summed E-state index contributed by atoms with van der Waals surface area (Å²) in [5, 5.41) is 10.7. The third kappa shape index (κ3) is 1.66. The van der Waals surface area contributed by atoms with Crippen LogP contribution in [0.2, 0.25) is 0 Å². The molecule has 1 nitrogen and oxygen atoms in total. The van der Waals surface area contributed by atoms with Crippen LogP contribution in [0.5, 0.6) is 0 Å². The Morgan fingerprint density at radius 2 is 1.95 bits per heavy atom. The lowest BCUT2D eigenvalue weighted by Gasteiger charge is -2.55. The summed E-state index contributed by atoms with van der Waals surface area (Å²) in [6.07, 6.45) is 16.9. The van der Waals surface area contributed by atoms with E-state index in [1.165, 1.54) is 37.7 Å². The zero-order chi connectivity index (χ0) is 15.5. The molecule has 4 rings (SSSR count). The van der Waals surface area contributed by atoms with Crippen molar-refractivity contribution in [1.29, 1.82) is 0 Å². The summed E-state index contributed by atoms with van der Waals surface area (Å²) in [6, 6.07) is 0. The van der Waals surface area contributed by atoms with Crippen LogP contribution < -0.4 is 0 Å². The zero-order valence-electron chi connectivity index (χ0n) is 14.3. The molecule has 0 amide bonds. The highest BCUT2D eigenvalue weighted by Gasteiger charge is 2.58. The van der Waals surface area contributed by atoms with Crippen molar-refractivity contribution in [2.45, 2.75) is 59.3 Å². The van der Waals surface area contributed by atoms with Crippen molar-refractivity contribution in [3.8, 4) is 0 Å². The van der Waals surface area contributed by atoms with E-state index in [1.54, 1.807) is 0 Å². The van der Waals surface area contributed by atoms with Gasteiger partial charge in [0.2, 0.25) is 0 Å². The molecule has 0 unspecified atom stereocenters. The van der Waals surface area contributed by atoms with Crippen LogP contribution in [0.4, 0.5) is 0 Å². The van der Waals surface area contributed by atoms with Gasteiger partial charge in [-0.3, -0.25) is 0 Å². The van der Waals surface area contributed by atoms with E-state index in [9.17, 15) is 5.11 Å². The quantitative estimate of drug-likeness (QED) is 0.648. The molecule has 0 radical (unpaired) electrons. The Morgan fingerprint density at radius 3 is 2.73 bits per heavy atom. The van der Waals surface area contributed by atoms with Crippen molar-refractivity contribution < 1.29 is 5.11 Å². The summed E-state index contributed by atoms with van der Waals surface area (Å²) in [7, 11) is 0. The number of hydrogen-bond acceptors (Lipinski definition) is 1. The first kappa shape index (κ1) is 14.6. The van der Waals surface area contributed by atoms with E-state index in [2.05, 4.69) is 39.0 Å². The van der Waals surface area contributed by atoms with Gasteiger partial charge in [0.25, 0.3) is 0 Å². The molecule has 2 fully saturated rings. The maximum absolute atomic E-state index is 10.7. The van der Waals surface area contributed by atoms with Crippen molar-refractivity contribution in [2.24, 2.45) is 34.5 Å². The number of fused-ring (bicyclic) bond motifs is 5. The molecule has 22 heavy (non-hydrogen) atoms. The minimum atomic E-state index is -0.122. The van der Waals surface area contributed by atoms with Gasteiger partial charge >= 0.3 is 0 Å². The fourth-order valence-electron chi connectivity index (χ4n) is 6.65. The second-order valence-electron chi connectivity index (χ2n) is 8.56. The molecule has 0 aliphatic heterocycles. The summed E-state index contributed by atoms with van der Waals surface area (Å²) in [5.74, 6) is 3.62. The van der Waals surface area contributed by atoms with E-state index in [1.807, 2.05) is 6.08 Å². The molecule has 0 aromatic rings. The van der Waals surface area contributed by atoms with Gasteiger partial charge in [-0.25, -0.2) is 0 Å². The molecule has 0 heterocycles. The Morgan fingerprint density at radius 1 is 1.14 bits per heavy atom. The highest BCUT2D eigenvalue weighted by molar-refractivity contribution is 5.42. The van der Waals surface area contributed by atoms with Crippen LogP contribution in [0.25, 0.3) is 0 Å². The van der Waals surface area contributed by atoms with Gasteiger partial charge in [-0.05, 0) is 79.8 Å². The molecule has 2 saturated carbocycles. The number of rotatable bonds is 1. The lowest BCUT2D eigenvalue weighted by atomic mass is 9.49. The zero-order valence-corrected chi connectivity index (χ0v) is 14.3. The van der Waals surface area contributed by atoms with Gasteiger partial charge in [0.05, 0.1) is 11.2 Å². The summed E-state index contributed by atoms with van der Waals surface area (Å²) >= 11 is 0. The summed E-state index contributed by atoms with van der Waals surface area (Å²) in [6.45, 7) is 7.23. The molecule has 120 valence electrons. The van der Waals surface area contributed by atoms with Crippen molar-refractivity contribution in [2.75, 3.05) is 0 Å². The monoisotopic (exact) mass is 298 g/mol. The number of hydrogen-bond donors (Lipinski definition) is 1. The SMILES string of the molecule is CC[C@H]1CC[C@H]2[C@@H]3C=CC4=CCC=C(O)[C@]4(C)[C@H]3CC[C@]12C. The first-order chi connectivity index (χ1) is 10.5. The minimum absolute atomic E-state index is 0.122. The van der Waals surface area contributed by atoms with Crippen LogP contribution in [0.3, 0.4) is 0 Å². The summed E-state index contributed by atoms with van der Waals surface area (Å²) < 4.78 is 0. The second-order valence-corrected chi connectivity index (χ2v) is 8.56. The minimum Gasteiger partial charge on any atom is -0.512 e. The van der Waals surface area contributed by atoms with Crippen LogP contribution in [0.1, 0.15) is 59.3 Å². The van der Waals surface area contributed by atoms with E-state index in [0.717, 1.165) is 18.3 Å². The lowest BCUT2D eigenvalue weighted by molar-refractivity contribution is -0.0119. The summed E-state index contributed by atoms with van der Waals surface area (Å²) in [5.41, 5.74) is 1.78. The van der Waals surface area contributed by atoms with Crippen LogP contribution in [-0.4, -0.2) is 5.11 Å². The molecule has 1 heteroatoms. The Bertz CT molecular complexity index is 568. The van der Waals surface area contributed by atoms with E-state index < -0.39 is 0 Å². The molecular weight excluding hydrogens is 268 g/mol. The number of aliphatic hydroxyl groups is 1. The molecule has 0 aromatic heterocycles.